The molecular weight excluding hydrogens is 206 g/mol. The van der Waals surface area contributed by atoms with Gasteiger partial charge in [-0.3, -0.25) is 0 Å². The van der Waals surface area contributed by atoms with Crippen molar-refractivity contribution in [2.24, 2.45) is 0 Å². The van der Waals surface area contributed by atoms with Crippen LogP contribution in [0.4, 0.5) is 4.79 Å². The summed E-state index contributed by atoms with van der Waals surface area (Å²) in [6, 6.07) is 0. The van der Waals surface area contributed by atoms with Crippen LogP contribution in [-0.4, -0.2) is 42.9 Å². The highest BCUT2D eigenvalue weighted by Gasteiger charge is 2.16. The minimum absolute atomic E-state index is 0.422. The van der Waals surface area contributed by atoms with E-state index in [-0.39, 0.29) is 0 Å². The molecule has 0 fully saturated rings. The summed E-state index contributed by atoms with van der Waals surface area (Å²) in [6.45, 7) is 13.2. The molecule has 96 valence electrons. The molecule has 0 amide bonds. The van der Waals surface area contributed by atoms with Crippen LogP contribution in [0.15, 0.2) is 0 Å². The van der Waals surface area contributed by atoms with E-state index in [2.05, 4.69) is 18.7 Å². The fourth-order valence-corrected chi connectivity index (χ4v) is 1.26. The highest BCUT2D eigenvalue weighted by atomic mass is 16.7. The van der Waals surface area contributed by atoms with Gasteiger partial charge in [-0.1, -0.05) is 13.8 Å². The number of carbonyl (C=O) groups is 1. The van der Waals surface area contributed by atoms with Gasteiger partial charge in [-0.15, -0.1) is 0 Å². The molecule has 0 aromatic heterocycles. The highest BCUT2D eigenvalue weighted by Crippen LogP contribution is 2.08. The minimum atomic E-state index is -0.577. The molecular formula is C12H25NO3. The molecule has 0 saturated carbocycles. The van der Waals surface area contributed by atoms with Crippen LogP contribution < -0.4 is 0 Å². The molecule has 0 aromatic carbocycles. The van der Waals surface area contributed by atoms with Gasteiger partial charge >= 0.3 is 6.16 Å². The van der Waals surface area contributed by atoms with Gasteiger partial charge in [0.1, 0.15) is 5.60 Å². The van der Waals surface area contributed by atoms with Crippen LogP contribution in [0.3, 0.4) is 0 Å². The number of hydrogen-bond acceptors (Lipinski definition) is 4. The molecule has 0 atom stereocenters. The molecule has 0 bridgehead atoms. The summed E-state index contributed by atoms with van der Waals surface area (Å²) in [4.78, 5) is 13.5. The van der Waals surface area contributed by atoms with Gasteiger partial charge in [0.15, 0.2) is 0 Å². The van der Waals surface area contributed by atoms with Crippen LogP contribution in [0.25, 0.3) is 0 Å². The fraction of sp³-hybridized carbons (Fsp3) is 0.917. The number of nitrogens with zero attached hydrogens (tertiary/aromatic N) is 1. The summed E-state index contributed by atoms with van der Waals surface area (Å²) in [5.74, 6) is 0. The Kier molecular flexibility index (Phi) is 7.13. The van der Waals surface area contributed by atoms with Gasteiger partial charge in [-0.2, -0.15) is 0 Å². The van der Waals surface area contributed by atoms with Gasteiger partial charge in [0.2, 0.25) is 0 Å². The predicted octanol–water partition coefficient (Wildman–Crippen LogP) is 2.67. The number of hydrogen-bond donors (Lipinski definition) is 0. The van der Waals surface area contributed by atoms with Crippen molar-refractivity contribution in [3.05, 3.63) is 0 Å². The van der Waals surface area contributed by atoms with Crippen LogP contribution in [0.1, 0.15) is 41.0 Å². The first-order valence-corrected chi connectivity index (χ1v) is 5.97. The van der Waals surface area contributed by atoms with Gasteiger partial charge < -0.3 is 14.4 Å². The zero-order chi connectivity index (χ0) is 12.6. The summed E-state index contributed by atoms with van der Waals surface area (Å²) >= 11 is 0. The molecule has 0 aliphatic rings. The lowest BCUT2D eigenvalue weighted by atomic mass is 10.2. The minimum Gasteiger partial charge on any atom is -0.434 e. The third kappa shape index (κ3) is 8.53. The van der Waals surface area contributed by atoms with E-state index in [1.165, 1.54) is 0 Å². The van der Waals surface area contributed by atoms with E-state index < -0.39 is 11.8 Å². The number of carbonyl (C=O) groups excluding carboxylic acids is 1. The lowest BCUT2D eigenvalue weighted by molar-refractivity contribution is -0.00823. The van der Waals surface area contributed by atoms with Crippen molar-refractivity contribution in [3.8, 4) is 0 Å². The van der Waals surface area contributed by atoms with Gasteiger partial charge in [0.25, 0.3) is 0 Å². The van der Waals surface area contributed by atoms with Crippen molar-refractivity contribution in [1.29, 1.82) is 0 Å². The maximum atomic E-state index is 11.2. The molecule has 0 spiro atoms. The van der Waals surface area contributed by atoms with Crippen molar-refractivity contribution in [2.75, 3.05) is 26.2 Å². The van der Waals surface area contributed by atoms with Crippen LogP contribution in [0, 0.1) is 0 Å². The zero-order valence-corrected chi connectivity index (χ0v) is 11.2. The summed E-state index contributed by atoms with van der Waals surface area (Å²) in [5.41, 5.74) is -0.476. The summed E-state index contributed by atoms with van der Waals surface area (Å²) in [7, 11) is 0. The van der Waals surface area contributed by atoms with Gasteiger partial charge in [-0.05, 0) is 40.3 Å². The SMILES string of the molecule is CCN(CC)CCCOC(=O)OC(C)(C)C. The van der Waals surface area contributed by atoms with E-state index in [1.54, 1.807) is 0 Å². The maximum Gasteiger partial charge on any atom is 0.508 e. The second-order valence-corrected chi connectivity index (χ2v) is 4.69. The fourth-order valence-electron chi connectivity index (χ4n) is 1.26. The van der Waals surface area contributed by atoms with Gasteiger partial charge in [0, 0.05) is 6.54 Å². The van der Waals surface area contributed by atoms with Crippen LogP contribution in [0.2, 0.25) is 0 Å². The van der Waals surface area contributed by atoms with Crippen molar-refractivity contribution in [3.63, 3.8) is 0 Å². The lowest BCUT2D eigenvalue weighted by Crippen LogP contribution is -2.27. The second-order valence-electron chi connectivity index (χ2n) is 4.69. The van der Waals surface area contributed by atoms with Gasteiger partial charge in [-0.25, -0.2) is 4.79 Å². The molecule has 0 unspecified atom stereocenters. The second kappa shape index (κ2) is 7.49. The normalized spacial score (nSPS) is 11.6. The van der Waals surface area contributed by atoms with Crippen molar-refractivity contribution in [2.45, 2.75) is 46.6 Å². The molecule has 0 aromatic rings. The molecule has 4 nitrogen and oxygen atoms in total. The molecule has 0 N–H and O–H groups in total. The Morgan fingerprint density at radius 3 is 2.19 bits per heavy atom. The number of rotatable bonds is 6. The Morgan fingerprint density at radius 1 is 1.19 bits per heavy atom. The average Bonchev–Trinajstić information content (AvgIpc) is 2.15. The first-order valence-electron chi connectivity index (χ1n) is 5.97. The van der Waals surface area contributed by atoms with Crippen molar-refractivity contribution >= 4 is 6.16 Å². The quantitative estimate of drug-likeness (QED) is 0.520. The largest absolute Gasteiger partial charge is 0.508 e. The summed E-state index contributed by atoms with van der Waals surface area (Å²) in [6.07, 6.45) is 0.271. The average molecular weight is 231 g/mol. The Bertz CT molecular complexity index is 195. The molecule has 0 heterocycles. The van der Waals surface area contributed by atoms with E-state index in [1.807, 2.05) is 20.8 Å². The highest BCUT2D eigenvalue weighted by molar-refractivity contribution is 5.60. The lowest BCUT2D eigenvalue weighted by Gasteiger charge is -2.20. The van der Waals surface area contributed by atoms with Crippen LogP contribution in [0.5, 0.6) is 0 Å². The smallest absolute Gasteiger partial charge is 0.434 e. The Balaban J connectivity index is 3.55. The van der Waals surface area contributed by atoms with E-state index in [9.17, 15) is 4.79 Å². The molecule has 4 heteroatoms. The Hall–Kier alpha value is -0.770. The third-order valence-electron chi connectivity index (χ3n) is 2.12. The Labute approximate surface area is 98.9 Å². The Morgan fingerprint density at radius 2 is 1.75 bits per heavy atom. The van der Waals surface area contributed by atoms with E-state index in [4.69, 9.17) is 9.47 Å². The molecule has 0 saturated heterocycles. The van der Waals surface area contributed by atoms with Crippen LogP contribution in [-0.2, 0) is 9.47 Å². The molecule has 0 aliphatic carbocycles. The van der Waals surface area contributed by atoms with Crippen molar-refractivity contribution < 1.29 is 14.3 Å². The monoisotopic (exact) mass is 231 g/mol. The van der Waals surface area contributed by atoms with Crippen LogP contribution >= 0.6 is 0 Å². The molecule has 0 rings (SSSR count). The first kappa shape index (κ1) is 15.2. The standard InChI is InChI=1S/C12H25NO3/c1-6-13(7-2)9-8-10-15-11(14)16-12(3,4)5/h6-10H2,1-5H3. The summed E-state index contributed by atoms with van der Waals surface area (Å²) < 4.78 is 9.99. The van der Waals surface area contributed by atoms with E-state index in [0.29, 0.717) is 6.61 Å². The number of ether oxygens (including phenoxy) is 2. The summed E-state index contributed by atoms with van der Waals surface area (Å²) in [5, 5.41) is 0. The topological polar surface area (TPSA) is 38.8 Å². The van der Waals surface area contributed by atoms with Crippen molar-refractivity contribution in [1.82, 2.24) is 4.90 Å². The molecule has 0 aliphatic heterocycles. The predicted molar refractivity (Wildman–Crippen MR) is 64.6 cm³/mol. The molecule has 16 heavy (non-hydrogen) atoms. The van der Waals surface area contributed by atoms with E-state index in [0.717, 1.165) is 26.1 Å². The van der Waals surface area contributed by atoms with Gasteiger partial charge in [0.05, 0.1) is 6.61 Å². The van der Waals surface area contributed by atoms with E-state index >= 15 is 0 Å². The first-order chi connectivity index (χ1) is 7.39. The molecule has 0 radical (unpaired) electrons. The maximum absolute atomic E-state index is 11.2. The zero-order valence-electron chi connectivity index (χ0n) is 11.2. The third-order valence-corrected chi connectivity index (χ3v) is 2.12.